The van der Waals surface area contributed by atoms with E-state index in [1.54, 1.807) is 18.5 Å². The number of carbonyl (C=O) groups is 1. The van der Waals surface area contributed by atoms with Crippen LogP contribution in [0, 0.1) is 13.8 Å². The highest BCUT2D eigenvalue weighted by atomic mass is 16.5. The van der Waals surface area contributed by atoms with Crippen molar-refractivity contribution in [1.82, 2.24) is 14.9 Å². The minimum Gasteiger partial charge on any atom is -0.492 e. The third-order valence-electron chi connectivity index (χ3n) is 6.42. The summed E-state index contributed by atoms with van der Waals surface area (Å²) in [6.45, 7) is 7.17. The molecule has 0 unspecified atom stereocenters. The largest absolute Gasteiger partial charge is 0.492 e. The van der Waals surface area contributed by atoms with Crippen molar-refractivity contribution in [3.8, 4) is 16.9 Å². The number of carbonyl (C=O) groups excluding carboxylic acids is 1. The van der Waals surface area contributed by atoms with Gasteiger partial charge in [0, 0.05) is 52.9 Å². The number of amides is 1. The number of anilines is 1. The fourth-order valence-electron chi connectivity index (χ4n) is 4.73. The van der Waals surface area contributed by atoms with Gasteiger partial charge < -0.3 is 14.8 Å². The van der Waals surface area contributed by atoms with Crippen molar-refractivity contribution in [1.29, 1.82) is 0 Å². The molecule has 2 atom stereocenters. The van der Waals surface area contributed by atoms with E-state index in [4.69, 9.17) is 9.47 Å². The van der Waals surface area contributed by atoms with Crippen LogP contribution >= 0.6 is 0 Å². The van der Waals surface area contributed by atoms with Crippen molar-refractivity contribution in [3.05, 3.63) is 71.8 Å². The molecule has 0 spiro atoms. The number of nitrogens with one attached hydrogen (secondary N) is 1. The molecule has 2 fully saturated rings. The van der Waals surface area contributed by atoms with Gasteiger partial charge in [0.1, 0.15) is 18.7 Å². The summed E-state index contributed by atoms with van der Waals surface area (Å²) >= 11 is 0. The van der Waals surface area contributed by atoms with Crippen molar-refractivity contribution >= 4 is 11.6 Å². The number of ether oxygens (including phenoxy) is 2. The molecule has 1 aromatic heterocycles. The summed E-state index contributed by atoms with van der Waals surface area (Å²) in [7, 11) is 0. The maximum atomic E-state index is 12.7. The molecule has 33 heavy (non-hydrogen) atoms. The van der Waals surface area contributed by atoms with Gasteiger partial charge in [0.2, 0.25) is 0 Å². The molecule has 170 valence electrons. The lowest BCUT2D eigenvalue weighted by atomic mass is 10.0. The first kappa shape index (κ1) is 21.6. The van der Waals surface area contributed by atoms with Crippen LogP contribution in [0.4, 0.5) is 5.69 Å². The van der Waals surface area contributed by atoms with E-state index in [0.29, 0.717) is 30.0 Å². The molecule has 0 aliphatic carbocycles. The zero-order valence-corrected chi connectivity index (χ0v) is 19.0. The maximum absolute atomic E-state index is 12.7. The van der Waals surface area contributed by atoms with Crippen molar-refractivity contribution in [3.63, 3.8) is 0 Å². The normalized spacial score (nSPS) is 19.6. The molecule has 2 saturated heterocycles. The van der Waals surface area contributed by atoms with Crippen LogP contribution in [-0.4, -0.2) is 59.2 Å². The van der Waals surface area contributed by atoms with Gasteiger partial charge >= 0.3 is 0 Å². The van der Waals surface area contributed by atoms with Crippen molar-refractivity contribution in [2.24, 2.45) is 0 Å². The highest BCUT2D eigenvalue weighted by Crippen LogP contribution is 2.36. The first-order valence-electron chi connectivity index (χ1n) is 11.4. The predicted octanol–water partition coefficient (Wildman–Crippen LogP) is 3.86. The number of benzene rings is 2. The predicted molar refractivity (Wildman–Crippen MR) is 127 cm³/mol. The van der Waals surface area contributed by atoms with Gasteiger partial charge in [-0.05, 0) is 50.6 Å². The Kier molecular flexibility index (Phi) is 6.07. The van der Waals surface area contributed by atoms with Crippen LogP contribution in [0.3, 0.4) is 0 Å². The number of likely N-dealkylation sites (tertiary alicyclic amines) is 1. The van der Waals surface area contributed by atoms with E-state index in [1.165, 1.54) is 0 Å². The van der Waals surface area contributed by atoms with Gasteiger partial charge in [-0.15, -0.1) is 0 Å². The summed E-state index contributed by atoms with van der Waals surface area (Å²) in [6.07, 6.45) is 3.07. The summed E-state index contributed by atoms with van der Waals surface area (Å²) in [4.78, 5) is 23.9. The number of hydrogen-bond donors (Lipinski definition) is 1. The Balaban J connectivity index is 1.38. The molecule has 0 radical (unpaired) electrons. The van der Waals surface area contributed by atoms with Gasteiger partial charge in [-0.3, -0.25) is 9.69 Å². The number of fused-ring (bicyclic) bond motifs is 2. The molecule has 7 heteroatoms. The summed E-state index contributed by atoms with van der Waals surface area (Å²) < 4.78 is 12.0. The van der Waals surface area contributed by atoms with E-state index in [9.17, 15) is 4.79 Å². The van der Waals surface area contributed by atoms with Crippen molar-refractivity contribution < 1.29 is 14.3 Å². The molecule has 0 saturated carbocycles. The Bertz CT molecular complexity index is 1130. The number of aromatic nitrogens is 2. The van der Waals surface area contributed by atoms with E-state index in [2.05, 4.69) is 20.2 Å². The third kappa shape index (κ3) is 4.60. The molecule has 1 N–H and O–H groups in total. The van der Waals surface area contributed by atoms with Gasteiger partial charge in [-0.2, -0.15) is 0 Å². The topological polar surface area (TPSA) is 76.6 Å². The number of morpholine rings is 1. The van der Waals surface area contributed by atoms with Crippen LogP contribution in [0.5, 0.6) is 5.75 Å². The standard InChI is InChI=1S/C26H28N4O3/c1-17-25(18(2)28-16-27-17)23-12-20(29-26(31)19-6-4-3-5-7-19)8-9-24(23)32-11-10-30-14-22-13-21(30)15-33-22/h3-9,12,16,21-22H,10-11,13-15H2,1-2H3,(H,29,31)/t21-,22-/m0/s1. The molecular weight excluding hydrogens is 416 g/mol. The van der Waals surface area contributed by atoms with Crippen LogP contribution < -0.4 is 10.1 Å². The van der Waals surface area contributed by atoms with Crippen molar-refractivity contribution in [2.75, 3.05) is 31.6 Å². The molecule has 2 aromatic carbocycles. The Labute approximate surface area is 193 Å². The van der Waals surface area contributed by atoms with E-state index in [0.717, 1.165) is 54.4 Å². The molecule has 2 aliphatic rings. The Hall–Kier alpha value is -3.29. The average Bonchev–Trinajstić information content (AvgIpc) is 3.44. The van der Waals surface area contributed by atoms with E-state index in [-0.39, 0.29) is 5.91 Å². The fourth-order valence-corrected chi connectivity index (χ4v) is 4.73. The molecule has 3 heterocycles. The van der Waals surface area contributed by atoms with Gasteiger partial charge in [-0.25, -0.2) is 9.97 Å². The zero-order chi connectivity index (χ0) is 22.8. The maximum Gasteiger partial charge on any atom is 0.255 e. The number of rotatable bonds is 7. The minimum absolute atomic E-state index is 0.153. The smallest absolute Gasteiger partial charge is 0.255 e. The van der Waals surface area contributed by atoms with E-state index >= 15 is 0 Å². The SMILES string of the molecule is Cc1ncnc(C)c1-c1cc(NC(=O)c2ccccc2)ccc1OCCN1C[C@@H]2C[C@H]1CO2. The lowest BCUT2D eigenvalue weighted by Crippen LogP contribution is -2.39. The van der Waals surface area contributed by atoms with Gasteiger partial charge in [0.05, 0.1) is 12.7 Å². The van der Waals surface area contributed by atoms with Gasteiger partial charge in [-0.1, -0.05) is 18.2 Å². The Morgan fingerprint density at radius 1 is 1.15 bits per heavy atom. The Morgan fingerprint density at radius 3 is 2.64 bits per heavy atom. The first-order valence-corrected chi connectivity index (χ1v) is 11.4. The third-order valence-corrected chi connectivity index (χ3v) is 6.42. The van der Waals surface area contributed by atoms with Crippen LogP contribution in [0.25, 0.3) is 11.1 Å². The molecule has 3 aromatic rings. The minimum atomic E-state index is -0.153. The Morgan fingerprint density at radius 2 is 1.94 bits per heavy atom. The lowest BCUT2D eigenvalue weighted by Gasteiger charge is -2.26. The second-order valence-electron chi connectivity index (χ2n) is 8.64. The average molecular weight is 445 g/mol. The van der Waals surface area contributed by atoms with Crippen LogP contribution in [0.2, 0.25) is 0 Å². The summed E-state index contributed by atoms with van der Waals surface area (Å²) in [5, 5.41) is 3.00. The quantitative estimate of drug-likeness (QED) is 0.596. The van der Waals surface area contributed by atoms with Crippen LogP contribution in [0.15, 0.2) is 54.9 Å². The van der Waals surface area contributed by atoms with Crippen molar-refractivity contribution in [2.45, 2.75) is 32.4 Å². The second-order valence-corrected chi connectivity index (χ2v) is 8.64. The first-order chi connectivity index (χ1) is 16.1. The molecule has 5 rings (SSSR count). The van der Waals surface area contributed by atoms with Gasteiger partial charge in [0.15, 0.2) is 0 Å². The summed E-state index contributed by atoms with van der Waals surface area (Å²) in [5.41, 5.74) is 4.85. The molecule has 2 bridgehead atoms. The highest BCUT2D eigenvalue weighted by Gasteiger charge is 2.38. The monoisotopic (exact) mass is 444 g/mol. The summed E-state index contributed by atoms with van der Waals surface area (Å²) in [6, 6.07) is 15.4. The molecular formula is C26H28N4O3. The zero-order valence-electron chi connectivity index (χ0n) is 19.0. The molecule has 7 nitrogen and oxygen atoms in total. The molecule has 2 aliphatic heterocycles. The number of hydrogen-bond acceptors (Lipinski definition) is 6. The number of aryl methyl sites for hydroxylation is 2. The van der Waals surface area contributed by atoms with Crippen LogP contribution in [-0.2, 0) is 4.74 Å². The fraction of sp³-hybridized carbons (Fsp3) is 0.346. The van der Waals surface area contributed by atoms with E-state index < -0.39 is 0 Å². The second kappa shape index (κ2) is 9.29. The van der Waals surface area contributed by atoms with E-state index in [1.807, 2.05) is 50.2 Å². The highest BCUT2D eigenvalue weighted by molar-refractivity contribution is 6.04. The summed E-state index contributed by atoms with van der Waals surface area (Å²) in [5.74, 6) is 0.605. The van der Waals surface area contributed by atoms with Gasteiger partial charge in [0.25, 0.3) is 5.91 Å². The lowest BCUT2D eigenvalue weighted by molar-refractivity contribution is 0.0258. The van der Waals surface area contributed by atoms with Crippen LogP contribution in [0.1, 0.15) is 28.2 Å². The number of nitrogens with zero attached hydrogens (tertiary/aromatic N) is 3. The molecule has 1 amide bonds.